The average molecular weight is 341 g/mol. The number of unbranched alkanes of at least 4 members (excludes halogenated alkanes) is 1. The van der Waals surface area contributed by atoms with E-state index in [1.165, 1.54) is 24.0 Å². The Hall–Kier alpha value is -1.52. The van der Waals surface area contributed by atoms with Gasteiger partial charge in [0.1, 0.15) is 0 Å². The van der Waals surface area contributed by atoms with Gasteiger partial charge >= 0.3 is 0 Å². The van der Waals surface area contributed by atoms with Crippen LogP contribution in [-0.4, -0.2) is 0 Å². The number of halogens is 1. The van der Waals surface area contributed by atoms with Crippen LogP contribution in [-0.2, 0) is 12.8 Å². The molecule has 0 aromatic heterocycles. The standard InChI is InChI=1S/C20H21Br/c1-3-5-6-16-7-9-17(10-8-16)11-12-19-13-14-20(21)15-18(19)4-2/h7-10,13-15H,3-6H2,1-2H3. The SMILES string of the molecule is CCCCc1ccc(C#Cc2ccc(Br)cc2CC)cc1. The Morgan fingerprint density at radius 3 is 2.38 bits per heavy atom. The van der Waals surface area contributed by atoms with Gasteiger partial charge in [-0.25, -0.2) is 0 Å². The van der Waals surface area contributed by atoms with Gasteiger partial charge in [0.15, 0.2) is 0 Å². The molecule has 0 saturated heterocycles. The minimum atomic E-state index is 0.999. The summed E-state index contributed by atoms with van der Waals surface area (Å²) in [6.07, 6.45) is 4.66. The third-order valence-corrected chi connectivity index (χ3v) is 4.06. The zero-order valence-corrected chi connectivity index (χ0v) is 14.3. The maximum Gasteiger partial charge on any atom is 0.0281 e. The molecule has 0 heterocycles. The van der Waals surface area contributed by atoms with Crippen molar-refractivity contribution in [3.8, 4) is 11.8 Å². The molecule has 2 aromatic rings. The smallest absolute Gasteiger partial charge is 0.0281 e. The molecule has 0 aliphatic rings. The van der Waals surface area contributed by atoms with Crippen molar-refractivity contribution in [1.29, 1.82) is 0 Å². The Morgan fingerprint density at radius 2 is 1.71 bits per heavy atom. The van der Waals surface area contributed by atoms with E-state index in [2.05, 4.69) is 84.1 Å². The van der Waals surface area contributed by atoms with Crippen molar-refractivity contribution in [1.82, 2.24) is 0 Å². The summed E-state index contributed by atoms with van der Waals surface area (Å²) in [5.74, 6) is 6.57. The molecule has 0 fully saturated rings. The molecule has 2 aromatic carbocycles. The summed E-state index contributed by atoms with van der Waals surface area (Å²) in [5, 5.41) is 0. The normalized spacial score (nSPS) is 10.0. The first-order chi connectivity index (χ1) is 10.2. The Morgan fingerprint density at radius 1 is 0.952 bits per heavy atom. The highest BCUT2D eigenvalue weighted by Gasteiger charge is 1.98. The minimum Gasteiger partial charge on any atom is -0.0654 e. The van der Waals surface area contributed by atoms with Crippen LogP contribution in [0.25, 0.3) is 0 Å². The lowest BCUT2D eigenvalue weighted by Gasteiger charge is -2.02. The third-order valence-electron chi connectivity index (χ3n) is 3.56. The second-order valence-electron chi connectivity index (χ2n) is 5.21. The van der Waals surface area contributed by atoms with Crippen molar-refractivity contribution in [2.75, 3.05) is 0 Å². The van der Waals surface area contributed by atoms with E-state index in [4.69, 9.17) is 0 Å². The van der Waals surface area contributed by atoms with Crippen LogP contribution in [0.1, 0.15) is 48.9 Å². The lowest BCUT2D eigenvalue weighted by Crippen LogP contribution is -1.88. The fourth-order valence-corrected chi connectivity index (χ4v) is 2.66. The van der Waals surface area contributed by atoms with E-state index >= 15 is 0 Å². The summed E-state index contributed by atoms with van der Waals surface area (Å²) in [6, 6.07) is 14.9. The first-order valence-corrected chi connectivity index (χ1v) is 8.41. The molecule has 0 radical (unpaired) electrons. The Balaban J connectivity index is 2.15. The highest BCUT2D eigenvalue weighted by atomic mass is 79.9. The van der Waals surface area contributed by atoms with Crippen molar-refractivity contribution >= 4 is 15.9 Å². The molecule has 2 rings (SSSR count). The van der Waals surface area contributed by atoms with Gasteiger partial charge in [0, 0.05) is 15.6 Å². The van der Waals surface area contributed by atoms with Crippen LogP contribution in [0.15, 0.2) is 46.9 Å². The summed E-state index contributed by atoms with van der Waals surface area (Å²) in [5.41, 5.74) is 4.90. The van der Waals surface area contributed by atoms with Gasteiger partial charge in [0.25, 0.3) is 0 Å². The predicted octanol–water partition coefficient (Wildman–Crippen LogP) is 5.75. The van der Waals surface area contributed by atoms with Crippen molar-refractivity contribution in [3.05, 3.63) is 69.2 Å². The molecule has 0 unspecified atom stereocenters. The summed E-state index contributed by atoms with van der Waals surface area (Å²) >= 11 is 3.51. The third kappa shape index (κ3) is 4.76. The van der Waals surface area contributed by atoms with E-state index in [0.29, 0.717) is 0 Å². The highest BCUT2D eigenvalue weighted by Crippen LogP contribution is 2.16. The monoisotopic (exact) mass is 340 g/mol. The van der Waals surface area contributed by atoms with Gasteiger partial charge < -0.3 is 0 Å². The van der Waals surface area contributed by atoms with Crippen LogP contribution in [0.5, 0.6) is 0 Å². The molecular formula is C20H21Br. The molecule has 0 spiro atoms. The van der Waals surface area contributed by atoms with Crippen LogP contribution in [0.3, 0.4) is 0 Å². The minimum absolute atomic E-state index is 0.999. The maximum atomic E-state index is 3.51. The topological polar surface area (TPSA) is 0 Å². The number of rotatable bonds is 4. The Labute approximate surface area is 136 Å². The number of benzene rings is 2. The zero-order valence-electron chi connectivity index (χ0n) is 12.7. The van der Waals surface area contributed by atoms with Crippen molar-refractivity contribution in [2.45, 2.75) is 39.5 Å². The van der Waals surface area contributed by atoms with Gasteiger partial charge in [0.05, 0.1) is 0 Å². The fourth-order valence-electron chi connectivity index (χ4n) is 2.25. The second kappa shape index (κ2) is 8.05. The van der Waals surface area contributed by atoms with E-state index < -0.39 is 0 Å². The quantitative estimate of drug-likeness (QED) is 0.621. The fraction of sp³-hybridized carbons (Fsp3) is 0.300. The van der Waals surface area contributed by atoms with Crippen LogP contribution >= 0.6 is 15.9 Å². The molecule has 0 nitrogen and oxygen atoms in total. The first-order valence-electron chi connectivity index (χ1n) is 7.62. The summed E-state index contributed by atoms with van der Waals surface area (Å²) in [6.45, 7) is 4.39. The summed E-state index contributed by atoms with van der Waals surface area (Å²) < 4.78 is 1.12. The second-order valence-corrected chi connectivity index (χ2v) is 6.12. The largest absolute Gasteiger partial charge is 0.0654 e. The molecule has 21 heavy (non-hydrogen) atoms. The van der Waals surface area contributed by atoms with Gasteiger partial charge in [-0.2, -0.15) is 0 Å². The van der Waals surface area contributed by atoms with Gasteiger partial charge in [-0.3, -0.25) is 0 Å². The van der Waals surface area contributed by atoms with Crippen LogP contribution in [0.2, 0.25) is 0 Å². The molecular weight excluding hydrogens is 320 g/mol. The molecule has 0 amide bonds. The maximum absolute atomic E-state index is 3.51. The first kappa shape index (κ1) is 15.9. The highest BCUT2D eigenvalue weighted by molar-refractivity contribution is 9.10. The van der Waals surface area contributed by atoms with Crippen LogP contribution in [0.4, 0.5) is 0 Å². The molecule has 108 valence electrons. The Kier molecular flexibility index (Phi) is 6.08. The zero-order chi connectivity index (χ0) is 15.1. The number of aryl methyl sites for hydroxylation is 2. The lowest BCUT2D eigenvalue weighted by atomic mass is 10.0. The molecule has 0 bridgehead atoms. The van der Waals surface area contributed by atoms with Gasteiger partial charge in [-0.1, -0.05) is 60.2 Å². The lowest BCUT2D eigenvalue weighted by molar-refractivity contribution is 0.795. The van der Waals surface area contributed by atoms with E-state index in [0.717, 1.165) is 28.4 Å². The molecule has 1 heteroatoms. The van der Waals surface area contributed by atoms with Gasteiger partial charge in [0.2, 0.25) is 0 Å². The van der Waals surface area contributed by atoms with Gasteiger partial charge in [-0.15, -0.1) is 0 Å². The van der Waals surface area contributed by atoms with E-state index in [-0.39, 0.29) is 0 Å². The Bertz CT molecular complexity index is 642. The van der Waals surface area contributed by atoms with Gasteiger partial charge in [-0.05, 0) is 60.7 Å². The van der Waals surface area contributed by atoms with Crippen molar-refractivity contribution in [3.63, 3.8) is 0 Å². The number of hydrogen-bond donors (Lipinski definition) is 0. The van der Waals surface area contributed by atoms with E-state index in [1.54, 1.807) is 0 Å². The number of hydrogen-bond acceptors (Lipinski definition) is 0. The molecule has 0 atom stereocenters. The van der Waals surface area contributed by atoms with Crippen LogP contribution in [0, 0.1) is 11.8 Å². The predicted molar refractivity (Wildman–Crippen MR) is 94.6 cm³/mol. The molecule has 0 saturated carbocycles. The van der Waals surface area contributed by atoms with Crippen LogP contribution < -0.4 is 0 Å². The average Bonchev–Trinajstić information content (AvgIpc) is 2.52. The van der Waals surface area contributed by atoms with E-state index in [1.807, 2.05) is 0 Å². The van der Waals surface area contributed by atoms with Crippen molar-refractivity contribution < 1.29 is 0 Å². The summed E-state index contributed by atoms with van der Waals surface area (Å²) in [7, 11) is 0. The molecule has 0 N–H and O–H groups in total. The molecule has 0 aliphatic heterocycles. The molecule has 0 aliphatic carbocycles. The van der Waals surface area contributed by atoms with E-state index in [9.17, 15) is 0 Å². The van der Waals surface area contributed by atoms with Crippen molar-refractivity contribution in [2.24, 2.45) is 0 Å². The summed E-state index contributed by atoms with van der Waals surface area (Å²) in [4.78, 5) is 0.